The van der Waals surface area contributed by atoms with Crippen molar-refractivity contribution in [2.24, 2.45) is 0 Å². The lowest BCUT2D eigenvalue weighted by Gasteiger charge is -2.19. The van der Waals surface area contributed by atoms with Crippen LogP contribution < -0.4 is 5.32 Å². The van der Waals surface area contributed by atoms with Crippen molar-refractivity contribution in [3.8, 4) is 0 Å². The Bertz CT molecular complexity index is 383. The smallest absolute Gasteiger partial charge is 0.407 e. The molecular weight excluding hydrogens is 354 g/mol. The van der Waals surface area contributed by atoms with Crippen LogP contribution in [-0.2, 0) is 28.5 Å². The SMILES string of the molecule is COC(=O)CCCCCCOCCOCCOCCNC(=O)OC(C)(C)C. The zero-order valence-electron chi connectivity index (χ0n) is 17.3. The molecule has 0 aromatic carbocycles. The summed E-state index contributed by atoms with van der Waals surface area (Å²) in [6, 6.07) is 0. The predicted octanol–water partition coefficient (Wildman–Crippen LogP) is 2.68. The molecule has 0 aliphatic heterocycles. The van der Waals surface area contributed by atoms with E-state index in [0.29, 0.717) is 52.6 Å². The summed E-state index contributed by atoms with van der Waals surface area (Å²) in [5.74, 6) is -0.147. The first-order valence-corrected chi connectivity index (χ1v) is 9.62. The number of hydrogen-bond acceptors (Lipinski definition) is 7. The van der Waals surface area contributed by atoms with Gasteiger partial charge in [0.1, 0.15) is 5.60 Å². The molecule has 27 heavy (non-hydrogen) atoms. The summed E-state index contributed by atoms with van der Waals surface area (Å²) in [6.45, 7) is 9.01. The monoisotopic (exact) mass is 391 g/mol. The first kappa shape index (κ1) is 25.6. The molecule has 0 aliphatic rings. The molecule has 0 fully saturated rings. The Labute approximate surface area is 163 Å². The van der Waals surface area contributed by atoms with Crippen LogP contribution in [0, 0.1) is 0 Å². The maximum atomic E-state index is 11.4. The first-order chi connectivity index (χ1) is 12.8. The lowest BCUT2D eigenvalue weighted by Crippen LogP contribution is -2.34. The summed E-state index contributed by atoms with van der Waals surface area (Å²) >= 11 is 0. The summed E-state index contributed by atoms with van der Waals surface area (Å²) < 4.78 is 25.9. The van der Waals surface area contributed by atoms with E-state index in [4.69, 9.17) is 18.9 Å². The quantitative estimate of drug-likeness (QED) is 0.319. The highest BCUT2D eigenvalue weighted by Crippen LogP contribution is 2.06. The number of rotatable bonds is 16. The van der Waals surface area contributed by atoms with Crippen molar-refractivity contribution in [2.45, 2.75) is 58.5 Å². The molecule has 0 aliphatic carbocycles. The van der Waals surface area contributed by atoms with Crippen molar-refractivity contribution < 1.29 is 33.3 Å². The molecule has 8 heteroatoms. The molecule has 1 N–H and O–H groups in total. The second-order valence-electron chi connectivity index (χ2n) is 7.01. The number of ether oxygens (including phenoxy) is 5. The zero-order valence-corrected chi connectivity index (χ0v) is 17.3. The number of amides is 1. The minimum atomic E-state index is -0.495. The molecule has 0 saturated carbocycles. The predicted molar refractivity (Wildman–Crippen MR) is 102 cm³/mol. The fourth-order valence-electron chi connectivity index (χ4n) is 2.01. The summed E-state index contributed by atoms with van der Waals surface area (Å²) in [6.07, 6.45) is 3.95. The van der Waals surface area contributed by atoms with Crippen LogP contribution in [0.25, 0.3) is 0 Å². The van der Waals surface area contributed by atoms with Gasteiger partial charge < -0.3 is 29.0 Å². The van der Waals surface area contributed by atoms with Gasteiger partial charge in [-0.15, -0.1) is 0 Å². The minimum Gasteiger partial charge on any atom is -0.469 e. The van der Waals surface area contributed by atoms with Gasteiger partial charge in [-0.2, -0.15) is 0 Å². The van der Waals surface area contributed by atoms with E-state index in [0.717, 1.165) is 25.7 Å². The number of carbonyl (C=O) groups excluding carboxylic acids is 2. The lowest BCUT2D eigenvalue weighted by molar-refractivity contribution is -0.140. The molecule has 1 amide bonds. The molecule has 0 radical (unpaired) electrons. The van der Waals surface area contributed by atoms with Gasteiger partial charge in [0.05, 0.1) is 40.1 Å². The van der Waals surface area contributed by atoms with Gasteiger partial charge in [-0.05, 0) is 33.6 Å². The molecule has 0 atom stereocenters. The number of esters is 1. The topological polar surface area (TPSA) is 92.3 Å². The van der Waals surface area contributed by atoms with Crippen LogP contribution in [0.4, 0.5) is 4.79 Å². The van der Waals surface area contributed by atoms with E-state index in [2.05, 4.69) is 10.1 Å². The second-order valence-corrected chi connectivity index (χ2v) is 7.01. The van der Waals surface area contributed by atoms with Crippen molar-refractivity contribution in [3.05, 3.63) is 0 Å². The van der Waals surface area contributed by atoms with Crippen LogP contribution in [0.1, 0.15) is 52.9 Å². The highest BCUT2D eigenvalue weighted by Gasteiger charge is 2.15. The van der Waals surface area contributed by atoms with Crippen LogP contribution >= 0.6 is 0 Å². The summed E-state index contributed by atoms with van der Waals surface area (Å²) in [5, 5.41) is 2.62. The number of alkyl carbamates (subject to hydrolysis) is 1. The average Bonchev–Trinajstić information content (AvgIpc) is 2.59. The number of carbonyl (C=O) groups is 2. The first-order valence-electron chi connectivity index (χ1n) is 9.62. The second kappa shape index (κ2) is 16.8. The highest BCUT2D eigenvalue weighted by atomic mass is 16.6. The third-order valence-corrected chi connectivity index (χ3v) is 3.31. The molecule has 0 rings (SSSR count). The zero-order chi connectivity index (χ0) is 20.4. The maximum Gasteiger partial charge on any atom is 0.407 e. The summed E-state index contributed by atoms with van der Waals surface area (Å²) in [4.78, 5) is 22.3. The van der Waals surface area contributed by atoms with Gasteiger partial charge in [0, 0.05) is 19.6 Å². The van der Waals surface area contributed by atoms with E-state index in [1.165, 1.54) is 7.11 Å². The molecule has 0 spiro atoms. The third-order valence-electron chi connectivity index (χ3n) is 3.31. The van der Waals surface area contributed by atoms with E-state index in [1.807, 2.05) is 20.8 Å². The van der Waals surface area contributed by atoms with Crippen molar-refractivity contribution in [3.63, 3.8) is 0 Å². The normalized spacial score (nSPS) is 11.3. The largest absolute Gasteiger partial charge is 0.469 e. The van der Waals surface area contributed by atoms with Crippen LogP contribution in [-0.4, -0.2) is 71.0 Å². The molecule has 0 aromatic rings. The van der Waals surface area contributed by atoms with Gasteiger partial charge in [0.2, 0.25) is 0 Å². The fourth-order valence-corrected chi connectivity index (χ4v) is 2.01. The molecule has 160 valence electrons. The van der Waals surface area contributed by atoms with E-state index in [-0.39, 0.29) is 5.97 Å². The Morgan fingerprint density at radius 1 is 0.778 bits per heavy atom. The van der Waals surface area contributed by atoms with E-state index in [9.17, 15) is 9.59 Å². The standard InChI is InChI=1S/C19H37NO7/c1-19(2,3)27-18(22)20-10-12-25-14-16-26-15-13-24-11-8-6-5-7-9-17(21)23-4/h5-16H2,1-4H3,(H,20,22). The van der Waals surface area contributed by atoms with E-state index >= 15 is 0 Å². The molecule has 0 heterocycles. The lowest BCUT2D eigenvalue weighted by atomic mass is 10.1. The van der Waals surface area contributed by atoms with Gasteiger partial charge in [-0.3, -0.25) is 4.79 Å². The van der Waals surface area contributed by atoms with Crippen LogP contribution in [0.2, 0.25) is 0 Å². The fraction of sp³-hybridized carbons (Fsp3) is 0.895. The van der Waals surface area contributed by atoms with Crippen LogP contribution in [0.3, 0.4) is 0 Å². The van der Waals surface area contributed by atoms with Crippen molar-refractivity contribution in [1.82, 2.24) is 5.32 Å². The number of methoxy groups -OCH3 is 1. The molecule has 0 aromatic heterocycles. The van der Waals surface area contributed by atoms with Crippen LogP contribution in [0.5, 0.6) is 0 Å². The van der Waals surface area contributed by atoms with Crippen molar-refractivity contribution >= 4 is 12.1 Å². The van der Waals surface area contributed by atoms with E-state index in [1.54, 1.807) is 0 Å². The average molecular weight is 392 g/mol. The van der Waals surface area contributed by atoms with Crippen LogP contribution in [0.15, 0.2) is 0 Å². The number of unbranched alkanes of at least 4 members (excludes halogenated alkanes) is 3. The van der Waals surface area contributed by atoms with Gasteiger partial charge in [-0.1, -0.05) is 12.8 Å². The summed E-state index contributed by atoms with van der Waals surface area (Å²) in [7, 11) is 1.41. The maximum absolute atomic E-state index is 11.4. The van der Waals surface area contributed by atoms with Gasteiger partial charge in [-0.25, -0.2) is 4.79 Å². The minimum absolute atomic E-state index is 0.147. The molecule has 0 unspecified atom stereocenters. The Kier molecular flexibility index (Phi) is 15.9. The van der Waals surface area contributed by atoms with E-state index < -0.39 is 11.7 Å². The van der Waals surface area contributed by atoms with Crippen molar-refractivity contribution in [2.75, 3.05) is 53.3 Å². The molecule has 0 saturated heterocycles. The molecular formula is C19H37NO7. The van der Waals surface area contributed by atoms with Crippen molar-refractivity contribution in [1.29, 1.82) is 0 Å². The Hall–Kier alpha value is -1.38. The Morgan fingerprint density at radius 3 is 1.93 bits per heavy atom. The van der Waals surface area contributed by atoms with Gasteiger partial charge in [0.15, 0.2) is 0 Å². The van der Waals surface area contributed by atoms with Gasteiger partial charge >= 0.3 is 12.1 Å². The summed E-state index contributed by atoms with van der Waals surface area (Å²) in [5.41, 5.74) is -0.495. The molecule has 0 bridgehead atoms. The third kappa shape index (κ3) is 20.8. The Balaban J connectivity index is 3.17. The number of hydrogen-bond donors (Lipinski definition) is 1. The molecule has 8 nitrogen and oxygen atoms in total. The van der Waals surface area contributed by atoms with Gasteiger partial charge in [0.25, 0.3) is 0 Å². The highest BCUT2D eigenvalue weighted by molar-refractivity contribution is 5.69. The Morgan fingerprint density at radius 2 is 1.33 bits per heavy atom. The number of nitrogens with one attached hydrogen (secondary N) is 1.